The lowest BCUT2D eigenvalue weighted by molar-refractivity contribution is -0.176. The number of halogens is 3. The van der Waals surface area contributed by atoms with Gasteiger partial charge in [0.2, 0.25) is 5.91 Å². The quantitative estimate of drug-likeness (QED) is 0.797. The van der Waals surface area contributed by atoms with E-state index in [0.29, 0.717) is 18.5 Å². The van der Waals surface area contributed by atoms with Crippen LogP contribution in [-0.2, 0) is 22.7 Å². The number of nitrogens with one attached hydrogen (secondary N) is 1. The Morgan fingerprint density at radius 2 is 1.81 bits per heavy atom. The van der Waals surface area contributed by atoms with E-state index in [2.05, 4.69) is 10.1 Å². The van der Waals surface area contributed by atoms with Crippen LogP contribution in [0.15, 0.2) is 24.3 Å². The highest BCUT2D eigenvalue weighted by atomic mass is 19.4. The molecule has 0 aromatic heterocycles. The molecule has 21 heavy (non-hydrogen) atoms. The molecule has 0 spiro atoms. The number of rotatable bonds is 8. The Morgan fingerprint density at radius 1 is 1.19 bits per heavy atom. The number of carbonyl (C=O) groups is 1. The van der Waals surface area contributed by atoms with Crippen molar-refractivity contribution in [2.45, 2.75) is 45.5 Å². The van der Waals surface area contributed by atoms with E-state index >= 15 is 0 Å². The fourth-order valence-electron chi connectivity index (χ4n) is 1.66. The van der Waals surface area contributed by atoms with Crippen molar-refractivity contribution in [1.29, 1.82) is 0 Å². The summed E-state index contributed by atoms with van der Waals surface area (Å²) in [6.45, 7) is 1.12. The molecule has 0 aliphatic heterocycles. The summed E-state index contributed by atoms with van der Waals surface area (Å²) < 4.78 is 40.3. The predicted molar refractivity (Wildman–Crippen MR) is 73.5 cm³/mol. The van der Waals surface area contributed by atoms with Gasteiger partial charge in [0.15, 0.2) is 0 Å². The van der Waals surface area contributed by atoms with E-state index in [-0.39, 0.29) is 12.5 Å². The number of ether oxygens (including phenoxy) is 1. The van der Waals surface area contributed by atoms with E-state index < -0.39 is 12.8 Å². The lowest BCUT2D eigenvalue weighted by atomic mass is 10.1. The zero-order valence-corrected chi connectivity index (χ0v) is 12.0. The van der Waals surface area contributed by atoms with Gasteiger partial charge in [0.1, 0.15) is 6.61 Å². The highest BCUT2D eigenvalue weighted by Gasteiger charge is 2.27. The van der Waals surface area contributed by atoms with Gasteiger partial charge < -0.3 is 10.1 Å². The zero-order chi connectivity index (χ0) is 15.7. The summed E-state index contributed by atoms with van der Waals surface area (Å²) in [7, 11) is 0. The van der Waals surface area contributed by atoms with Gasteiger partial charge in [-0.1, -0.05) is 37.6 Å². The number of alkyl halides is 3. The van der Waals surface area contributed by atoms with Gasteiger partial charge in [-0.15, -0.1) is 0 Å². The summed E-state index contributed by atoms with van der Waals surface area (Å²) in [5.74, 6) is 0.00874. The van der Waals surface area contributed by atoms with Crippen molar-refractivity contribution in [2.75, 3.05) is 6.61 Å². The lowest BCUT2D eigenvalue weighted by Crippen LogP contribution is -2.22. The van der Waals surface area contributed by atoms with Crippen molar-refractivity contribution in [3.05, 3.63) is 35.4 Å². The normalized spacial score (nSPS) is 11.4. The highest BCUT2D eigenvalue weighted by molar-refractivity contribution is 5.75. The van der Waals surface area contributed by atoms with Gasteiger partial charge in [-0.25, -0.2) is 0 Å². The molecule has 0 unspecified atom stereocenters. The summed E-state index contributed by atoms with van der Waals surface area (Å²) in [6, 6.07) is 6.94. The molecule has 1 aromatic rings. The molecule has 6 heteroatoms. The standard InChI is InChI=1S/C15H20F3NO2/c1-2-3-4-14(20)19-9-12-5-7-13(8-6-12)10-21-11-15(16,17)18/h5-8H,2-4,9-11H2,1H3,(H,19,20). The molecule has 0 heterocycles. The molecule has 1 N–H and O–H groups in total. The third-order valence-corrected chi connectivity index (χ3v) is 2.80. The summed E-state index contributed by atoms with van der Waals surface area (Å²) >= 11 is 0. The van der Waals surface area contributed by atoms with Crippen molar-refractivity contribution in [3.8, 4) is 0 Å². The molecule has 0 fully saturated rings. The Labute approximate surface area is 122 Å². The Balaban J connectivity index is 2.31. The first-order chi connectivity index (χ1) is 9.90. The van der Waals surface area contributed by atoms with Crippen LogP contribution in [0, 0.1) is 0 Å². The molecule has 1 rings (SSSR count). The minimum Gasteiger partial charge on any atom is -0.367 e. The van der Waals surface area contributed by atoms with Crippen LogP contribution in [0.25, 0.3) is 0 Å². The van der Waals surface area contributed by atoms with Crippen LogP contribution in [0.3, 0.4) is 0 Å². The van der Waals surface area contributed by atoms with Crippen molar-refractivity contribution in [3.63, 3.8) is 0 Å². The van der Waals surface area contributed by atoms with Crippen LogP contribution in [-0.4, -0.2) is 18.7 Å². The van der Waals surface area contributed by atoms with Crippen molar-refractivity contribution in [2.24, 2.45) is 0 Å². The van der Waals surface area contributed by atoms with Gasteiger partial charge in [0.05, 0.1) is 6.61 Å². The summed E-state index contributed by atoms with van der Waals surface area (Å²) in [5, 5.41) is 2.80. The number of hydrogen-bond donors (Lipinski definition) is 1. The fourth-order valence-corrected chi connectivity index (χ4v) is 1.66. The Morgan fingerprint density at radius 3 is 2.38 bits per heavy atom. The maximum absolute atomic E-state index is 11.9. The Kier molecular flexibility index (Phi) is 7.22. The summed E-state index contributed by atoms with van der Waals surface area (Å²) in [4.78, 5) is 11.4. The third kappa shape index (κ3) is 8.34. The molecular weight excluding hydrogens is 283 g/mol. The Bertz CT molecular complexity index is 430. The molecule has 1 amide bonds. The Hall–Kier alpha value is -1.56. The minimum atomic E-state index is -4.30. The van der Waals surface area contributed by atoms with Gasteiger partial charge >= 0.3 is 6.18 Å². The fraction of sp³-hybridized carbons (Fsp3) is 0.533. The zero-order valence-electron chi connectivity index (χ0n) is 12.0. The first-order valence-corrected chi connectivity index (χ1v) is 6.89. The van der Waals surface area contributed by atoms with Gasteiger partial charge in [0, 0.05) is 13.0 Å². The van der Waals surface area contributed by atoms with Crippen LogP contribution >= 0.6 is 0 Å². The van der Waals surface area contributed by atoms with Crippen LogP contribution < -0.4 is 5.32 Å². The van der Waals surface area contributed by atoms with E-state index in [9.17, 15) is 18.0 Å². The lowest BCUT2D eigenvalue weighted by Gasteiger charge is -2.09. The van der Waals surface area contributed by atoms with E-state index in [4.69, 9.17) is 0 Å². The van der Waals surface area contributed by atoms with Gasteiger partial charge in [-0.3, -0.25) is 4.79 Å². The predicted octanol–water partition coefficient (Wildman–Crippen LogP) is 3.57. The second-order valence-electron chi connectivity index (χ2n) is 4.80. The van der Waals surface area contributed by atoms with Crippen LogP contribution in [0.2, 0.25) is 0 Å². The molecule has 0 atom stereocenters. The maximum Gasteiger partial charge on any atom is 0.411 e. The van der Waals surface area contributed by atoms with Crippen LogP contribution in [0.4, 0.5) is 13.2 Å². The number of hydrogen-bond acceptors (Lipinski definition) is 2. The first kappa shape index (κ1) is 17.5. The molecule has 0 radical (unpaired) electrons. The monoisotopic (exact) mass is 303 g/mol. The average molecular weight is 303 g/mol. The largest absolute Gasteiger partial charge is 0.411 e. The number of benzene rings is 1. The van der Waals surface area contributed by atoms with E-state index in [1.54, 1.807) is 24.3 Å². The number of carbonyl (C=O) groups excluding carboxylic acids is 1. The molecule has 0 saturated heterocycles. The van der Waals surface area contributed by atoms with Crippen molar-refractivity contribution < 1.29 is 22.7 Å². The van der Waals surface area contributed by atoms with Gasteiger partial charge in [-0.05, 0) is 17.5 Å². The third-order valence-electron chi connectivity index (χ3n) is 2.80. The maximum atomic E-state index is 11.9. The van der Waals surface area contributed by atoms with E-state index in [1.165, 1.54) is 0 Å². The van der Waals surface area contributed by atoms with Crippen LogP contribution in [0.5, 0.6) is 0 Å². The average Bonchev–Trinajstić information content (AvgIpc) is 2.43. The molecular formula is C15H20F3NO2. The summed E-state index contributed by atoms with van der Waals surface area (Å²) in [6.07, 6.45) is -1.95. The molecule has 118 valence electrons. The van der Waals surface area contributed by atoms with Crippen molar-refractivity contribution in [1.82, 2.24) is 5.32 Å². The molecule has 0 saturated carbocycles. The molecule has 3 nitrogen and oxygen atoms in total. The van der Waals surface area contributed by atoms with E-state index in [0.717, 1.165) is 18.4 Å². The number of amides is 1. The SMILES string of the molecule is CCCCC(=O)NCc1ccc(COCC(F)(F)F)cc1. The molecule has 1 aromatic carbocycles. The van der Waals surface area contributed by atoms with Crippen LogP contribution in [0.1, 0.15) is 37.3 Å². The second-order valence-corrected chi connectivity index (χ2v) is 4.80. The minimum absolute atomic E-state index is 0.00874. The van der Waals surface area contributed by atoms with Gasteiger partial charge in [0.25, 0.3) is 0 Å². The van der Waals surface area contributed by atoms with Crippen molar-refractivity contribution >= 4 is 5.91 Å². The first-order valence-electron chi connectivity index (χ1n) is 6.89. The second kappa shape index (κ2) is 8.67. The van der Waals surface area contributed by atoms with Gasteiger partial charge in [-0.2, -0.15) is 13.2 Å². The number of unbranched alkanes of at least 4 members (excludes halogenated alkanes) is 1. The highest BCUT2D eigenvalue weighted by Crippen LogP contribution is 2.15. The molecule has 0 aliphatic rings. The topological polar surface area (TPSA) is 38.3 Å². The van der Waals surface area contributed by atoms with E-state index in [1.807, 2.05) is 6.92 Å². The summed E-state index contributed by atoms with van der Waals surface area (Å²) in [5.41, 5.74) is 1.57. The smallest absolute Gasteiger partial charge is 0.367 e. The molecule has 0 aliphatic carbocycles. The molecule has 0 bridgehead atoms.